The van der Waals surface area contributed by atoms with E-state index < -0.39 is 5.54 Å². The van der Waals surface area contributed by atoms with Gasteiger partial charge in [0.25, 0.3) is 0 Å². The van der Waals surface area contributed by atoms with Crippen molar-refractivity contribution in [2.24, 2.45) is 0 Å². The fraction of sp³-hybridized carbons (Fsp3) is 0.923. The van der Waals surface area contributed by atoms with Crippen LogP contribution in [0.25, 0.3) is 0 Å². The summed E-state index contributed by atoms with van der Waals surface area (Å²) in [5, 5.41) is 3.31. The molecule has 0 spiro atoms. The number of hydrogen-bond acceptors (Lipinski definition) is 3. The fourth-order valence-corrected chi connectivity index (χ4v) is 1.88. The van der Waals surface area contributed by atoms with Crippen LogP contribution in [-0.2, 0) is 9.53 Å². The second-order valence-electron chi connectivity index (χ2n) is 5.01. The SMILES string of the molecule is CCCCCCC(C)NC(C)(C)C(=O)OC. The number of nitrogens with one attached hydrogen (secondary N) is 1. The largest absolute Gasteiger partial charge is 0.468 e. The van der Waals surface area contributed by atoms with Crippen LogP contribution in [0.4, 0.5) is 0 Å². The standard InChI is InChI=1S/C13H27NO2/c1-6-7-8-9-10-11(2)14-13(3,4)12(15)16-5/h11,14H,6-10H2,1-5H3. The van der Waals surface area contributed by atoms with E-state index >= 15 is 0 Å². The quantitative estimate of drug-likeness (QED) is 0.514. The molecule has 0 rings (SSSR count). The zero-order valence-corrected chi connectivity index (χ0v) is 11.4. The van der Waals surface area contributed by atoms with E-state index in [9.17, 15) is 4.79 Å². The van der Waals surface area contributed by atoms with Crippen molar-refractivity contribution >= 4 is 5.97 Å². The molecule has 0 aliphatic heterocycles. The first kappa shape index (κ1) is 15.4. The molecular weight excluding hydrogens is 202 g/mol. The second kappa shape index (κ2) is 7.66. The summed E-state index contributed by atoms with van der Waals surface area (Å²) < 4.78 is 4.76. The van der Waals surface area contributed by atoms with Gasteiger partial charge in [0.2, 0.25) is 0 Å². The number of ether oxygens (including phenoxy) is 1. The van der Waals surface area contributed by atoms with Gasteiger partial charge >= 0.3 is 5.97 Å². The maximum Gasteiger partial charge on any atom is 0.325 e. The van der Waals surface area contributed by atoms with Crippen molar-refractivity contribution in [1.82, 2.24) is 5.32 Å². The van der Waals surface area contributed by atoms with Gasteiger partial charge in [-0.2, -0.15) is 0 Å². The van der Waals surface area contributed by atoms with E-state index in [2.05, 4.69) is 19.2 Å². The van der Waals surface area contributed by atoms with E-state index in [-0.39, 0.29) is 5.97 Å². The van der Waals surface area contributed by atoms with Gasteiger partial charge in [-0.15, -0.1) is 0 Å². The summed E-state index contributed by atoms with van der Waals surface area (Å²) in [6.07, 6.45) is 6.17. The van der Waals surface area contributed by atoms with Crippen LogP contribution in [0.15, 0.2) is 0 Å². The Labute approximate surface area is 99.9 Å². The summed E-state index contributed by atoms with van der Waals surface area (Å²) in [6.45, 7) is 8.06. The van der Waals surface area contributed by atoms with Gasteiger partial charge in [-0.25, -0.2) is 0 Å². The molecule has 0 amide bonds. The van der Waals surface area contributed by atoms with Crippen LogP contribution in [0.1, 0.15) is 59.8 Å². The molecule has 1 atom stereocenters. The maximum atomic E-state index is 11.5. The van der Waals surface area contributed by atoms with Gasteiger partial charge in [-0.3, -0.25) is 10.1 Å². The van der Waals surface area contributed by atoms with E-state index in [0.717, 1.165) is 6.42 Å². The van der Waals surface area contributed by atoms with Gasteiger partial charge in [0, 0.05) is 6.04 Å². The lowest BCUT2D eigenvalue weighted by Gasteiger charge is -2.27. The van der Waals surface area contributed by atoms with Crippen molar-refractivity contribution in [1.29, 1.82) is 0 Å². The molecule has 1 N–H and O–H groups in total. The molecule has 0 aromatic rings. The summed E-state index contributed by atoms with van der Waals surface area (Å²) in [4.78, 5) is 11.5. The Kier molecular flexibility index (Phi) is 7.39. The van der Waals surface area contributed by atoms with Crippen LogP contribution in [0.5, 0.6) is 0 Å². The molecule has 0 radical (unpaired) electrons. The summed E-state index contributed by atoms with van der Waals surface area (Å²) in [5.74, 6) is -0.201. The molecule has 3 nitrogen and oxygen atoms in total. The average Bonchev–Trinajstić information content (AvgIpc) is 2.22. The Morgan fingerprint density at radius 3 is 2.44 bits per heavy atom. The lowest BCUT2D eigenvalue weighted by atomic mass is 10.0. The topological polar surface area (TPSA) is 38.3 Å². The van der Waals surface area contributed by atoms with Crippen LogP contribution in [0.2, 0.25) is 0 Å². The van der Waals surface area contributed by atoms with Crippen molar-refractivity contribution in [3.63, 3.8) is 0 Å². The summed E-state index contributed by atoms with van der Waals surface area (Å²) in [5.41, 5.74) is -0.584. The second-order valence-corrected chi connectivity index (χ2v) is 5.01. The molecule has 0 aliphatic rings. The molecule has 3 heteroatoms. The van der Waals surface area contributed by atoms with Crippen molar-refractivity contribution in [3.8, 4) is 0 Å². The highest BCUT2D eigenvalue weighted by atomic mass is 16.5. The predicted octanol–water partition coefficient (Wildman–Crippen LogP) is 2.89. The summed E-state index contributed by atoms with van der Waals surface area (Å²) in [7, 11) is 1.43. The van der Waals surface area contributed by atoms with Crippen LogP contribution >= 0.6 is 0 Å². The minimum Gasteiger partial charge on any atom is -0.468 e. The minimum absolute atomic E-state index is 0.201. The van der Waals surface area contributed by atoms with Crippen LogP contribution in [0.3, 0.4) is 0 Å². The van der Waals surface area contributed by atoms with Crippen LogP contribution < -0.4 is 5.32 Å². The van der Waals surface area contributed by atoms with E-state index in [4.69, 9.17) is 4.74 Å². The monoisotopic (exact) mass is 229 g/mol. The molecule has 0 fully saturated rings. The Balaban J connectivity index is 3.85. The number of carbonyl (C=O) groups is 1. The summed E-state index contributed by atoms with van der Waals surface area (Å²) in [6, 6.07) is 0.353. The zero-order valence-electron chi connectivity index (χ0n) is 11.4. The normalized spacial score (nSPS) is 13.6. The first-order chi connectivity index (χ1) is 7.44. The fourth-order valence-electron chi connectivity index (χ4n) is 1.88. The van der Waals surface area contributed by atoms with Crippen molar-refractivity contribution < 1.29 is 9.53 Å². The summed E-state index contributed by atoms with van der Waals surface area (Å²) >= 11 is 0. The third-order valence-electron chi connectivity index (χ3n) is 2.79. The molecule has 0 aromatic carbocycles. The number of methoxy groups -OCH3 is 1. The number of rotatable bonds is 8. The third kappa shape index (κ3) is 6.11. The molecule has 1 unspecified atom stereocenters. The molecule has 96 valence electrons. The van der Waals surface area contributed by atoms with Gasteiger partial charge < -0.3 is 4.74 Å². The lowest BCUT2D eigenvalue weighted by molar-refractivity contribution is -0.147. The predicted molar refractivity (Wildman–Crippen MR) is 67.5 cm³/mol. The lowest BCUT2D eigenvalue weighted by Crippen LogP contribution is -2.51. The number of carbonyl (C=O) groups excluding carboxylic acids is 1. The van der Waals surface area contributed by atoms with Gasteiger partial charge in [0.1, 0.15) is 5.54 Å². The maximum absolute atomic E-state index is 11.5. The molecule has 0 saturated heterocycles. The third-order valence-corrected chi connectivity index (χ3v) is 2.79. The Morgan fingerprint density at radius 2 is 1.94 bits per heavy atom. The molecule has 0 saturated carbocycles. The Morgan fingerprint density at radius 1 is 1.31 bits per heavy atom. The van der Waals surface area contributed by atoms with E-state index in [1.54, 1.807) is 0 Å². The van der Waals surface area contributed by atoms with Gasteiger partial charge in [0.05, 0.1) is 7.11 Å². The smallest absolute Gasteiger partial charge is 0.325 e. The van der Waals surface area contributed by atoms with Gasteiger partial charge in [-0.1, -0.05) is 32.6 Å². The van der Waals surface area contributed by atoms with Crippen LogP contribution in [0, 0.1) is 0 Å². The zero-order chi connectivity index (χ0) is 12.6. The van der Waals surface area contributed by atoms with Crippen molar-refractivity contribution in [2.45, 2.75) is 71.4 Å². The number of unbranched alkanes of at least 4 members (excludes halogenated alkanes) is 3. The highest BCUT2D eigenvalue weighted by Crippen LogP contribution is 2.10. The van der Waals surface area contributed by atoms with E-state index in [0.29, 0.717) is 6.04 Å². The highest BCUT2D eigenvalue weighted by Gasteiger charge is 2.29. The van der Waals surface area contributed by atoms with Crippen LogP contribution in [-0.4, -0.2) is 24.7 Å². The Bertz CT molecular complexity index is 202. The number of esters is 1. The molecule has 0 bridgehead atoms. The highest BCUT2D eigenvalue weighted by molar-refractivity contribution is 5.79. The average molecular weight is 229 g/mol. The van der Waals surface area contributed by atoms with Gasteiger partial charge in [0.15, 0.2) is 0 Å². The van der Waals surface area contributed by atoms with Crippen molar-refractivity contribution in [2.75, 3.05) is 7.11 Å². The molecular formula is C13H27NO2. The minimum atomic E-state index is -0.584. The van der Waals surface area contributed by atoms with Gasteiger partial charge in [-0.05, 0) is 27.2 Å². The molecule has 16 heavy (non-hydrogen) atoms. The molecule has 0 heterocycles. The Hall–Kier alpha value is -0.570. The first-order valence-corrected chi connectivity index (χ1v) is 6.30. The molecule has 0 aliphatic carbocycles. The first-order valence-electron chi connectivity index (χ1n) is 6.30. The van der Waals surface area contributed by atoms with E-state index in [1.165, 1.54) is 32.8 Å². The van der Waals surface area contributed by atoms with E-state index in [1.807, 2.05) is 13.8 Å². The van der Waals surface area contributed by atoms with Crippen molar-refractivity contribution in [3.05, 3.63) is 0 Å². The number of hydrogen-bond donors (Lipinski definition) is 1. The molecule has 0 aromatic heterocycles.